The molecule has 1 aliphatic heterocycles. The van der Waals surface area contributed by atoms with E-state index in [0.717, 1.165) is 22.2 Å². The smallest absolute Gasteiger partial charge is 0.293 e. The summed E-state index contributed by atoms with van der Waals surface area (Å²) in [5.41, 5.74) is 2.63. The molecule has 3 aromatic rings. The van der Waals surface area contributed by atoms with E-state index >= 15 is 0 Å². The highest BCUT2D eigenvalue weighted by molar-refractivity contribution is 8.18. The molecule has 6 nitrogen and oxygen atoms in total. The van der Waals surface area contributed by atoms with Crippen molar-refractivity contribution in [2.75, 3.05) is 6.61 Å². The average Bonchev–Trinajstić information content (AvgIpc) is 3.12. The molecule has 1 fully saturated rings. The highest BCUT2D eigenvalue weighted by Gasteiger charge is 2.35. The van der Waals surface area contributed by atoms with E-state index in [9.17, 15) is 19.2 Å². The molecule has 0 aliphatic carbocycles. The van der Waals surface area contributed by atoms with Gasteiger partial charge in [-0.1, -0.05) is 36.4 Å². The molecule has 3 aromatic carbocycles. The van der Waals surface area contributed by atoms with Crippen LogP contribution in [0.25, 0.3) is 6.08 Å². The lowest BCUT2D eigenvalue weighted by atomic mass is 10.1. The number of carbonyl (C=O) groups is 2. The first-order valence-electron chi connectivity index (χ1n) is 10.9. The van der Waals surface area contributed by atoms with Crippen molar-refractivity contribution in [2.24, 2.45) is 0 Å². The van der Waals surface area contributed by atoms with Gasteiger partial charge in [-0.25, -0.2) is 4.39 Å². The van der Waals surface area contributed by atoms with Gasteiger partial charge in [0, 0.05) is 5.56 Å². The Morgan fingerprint density at radius 3 is 2.54 bits per heavy atom. The number of carbonyl (C=O) groups excluding carboxylic acids is 2. The quantitative estimate of drug-likeness (QED) is 0.367. The van der Waals surface area contributed by atoms with Crippen molar-refractivity contribution >= 4 is 29.0 Å². The molecule has 4 rings (SSSR count). The van der Waals surface area contributed by atoms with E-state index < -0.39 is 5.91 Å². The molecule has 1 saturated heterocycles. The molecule has 0 aromatic heterocycles. The van der Waals surface area contributed by atoms with Gasteiger partial charge in [-0.2, -0.15) is 5.26 Å². The first-order chi connectivity index (χ1) is 17.0. The molecule has 1 aliphatic rings. The van der Waals surface area contributed by atoms with E-state index in [1.54, 1.807) is 48.5 Å². The number of rotatable bonds is 8. The fourth-order valence-corrected chi connectivity index (χ4v) is 4.31. The Kier molecular flexibility index (Phi) is 7.48. The number of ether oxygens (including phenoxy) is 2. The summed E-state index contributed by atoms with van der Waals surface area (Å²) in [7, 11) is 0. The van der Waals surface area contributed by atoms with Gasteiger partial charge in [-0.3, -0.25) is 14.5 Å². The third-order valence-corrected chi connectivity index (χ3v) is 6.12. The number of halogens is 1. The van der Waals surface area contributed by atoms with E-state index in [2.05, 4.69) is 6.07 Å². The lowest BCUT2D eigenvalue weighted by Crippen LogP contribution is -2.27. The standard InChI is InChI=1S/C27H21FN2O4S/c1-2-33-24-13-19(9-12-23(24)34-17-21-6-4-3-5-20(21)15-29)14-25-26(31)30(27(32)35-25)16-18-7-10-22(28)11-8-18/h3-14H,2,16-17H2,1H3/b25-14+. The second-order valence-corrected chi connectivity index (χ2v) is 8.58. The number of nitriles is 1. The molecular formula is C27H21FN2O4S. The normalized spacial score (nSPS) is 14.3. The Hall–Kier alpha value is -4.09. The number of amides is 2. The summed E-state index contributed by atoms with van der Waals surface area (Å²) in [5.74, 6) is 0.202. The van der Waals surface area contributed by atoms with Crippen LogP contribution in [0.3, 0.4) is 0 Å². The topological polar surface area (TPSA) is 79.6 Å². The van der Waals surface area contributed by atoms with Crippen LogP contribution in [-0.2, 0) is 17.9 Å². The van der Waals surface area contributed by atoms with Crippen LogP contribution in [0.2, 0.25) is 0 Å². The van der Waals surface area contributed by atoms with Crippen LogP contribution in [0.4, 0.5) is 9.18 Å². The van der Waals surface area contributed by atoms with Crippen LogP contribution < -0.4 is 9.47 Å². The maximum Gasteiger partial charge on any atom is 0.293 e. The zero-order valence-corrected chi connectivity index (χ0v) is 19.7. The fraction of sp³-hybridized carbons (Fsp3) is 0.148. The summed E-state index contributed by atoms with van der Waals surface area (Å²) in [6.07, 6.45) is 1.63. The Morgan fingerprint density at radius 2 is 1.80 bits per heavy atom. The summed E-state index contributed by atoms with van der Waals surface area (Å²) in [4.78, 5) is 26.7. The second-order valence-electron chi connectivity index (χ2n) is 7.59. The van der Waals surface area contributed by atoms with Gasteiger partial charge in [0.05, 0.1) is 29.7 Å². The molecule has 0 N–H and O–H groups in total. The van der Waals surface area contributed by atoms with Gasteiger partial charge in [0.1, 0.15) is 12.4 Å². The van der Waals surface area contributed by atoms with E-state index in [1.165, 1.54) is 12.1 Å². The van der Waals surface area contributed by atoms with E-state index in [1.807, 2.05) is 19.1 Å². The summed E-state index contributed by atoms with van der Waals surface area (Å²) in [5, 5.41) is 8.89. The third kappa shape index (κ3) is 5.70. The van der Waals surface area contributed by atoms with E-state index in [0.29, 0.717) is 34.8 Å². The number of nitrogens with zero attached hydrogens (tertiary/aromatic N) is 2. The molecular weight excluding hydrogens is 467 g/mol. The molecule has 0 bridgehead atoms. The van der Waals surface area contributed by atoms with Crippen LogP contribution in [-0.4, -0.2) is 22.7 Å². The zero-order chi connectivity index (χ0) is 24.8. The zero-order valence-electron chi connectivity index (χ0n) is 18.9. The Morgan fingerprint density at radius 1 is 1.03 bits per heavy atom. The Bertz CT molecular complexity index is 1330. The van der Waals surface area contributed by atoms with Gasteiger partial charge >= 0.3 is 0 Å². The van der Waals surface area contributed by atoms with Gasteiger partial charge in [-0.05, 0) is 66.2 Å². The molecule has 0 saturated carbocycles. The van der Waals surface area contributed by atoms with E-state index in [4.69, 9.17) is 9.47 Å². The van der Waals surface area contributed by atoms with Crippen molar-refractivity contribution in [1.82, 2.24) is 4.90 Å². The van der Waals surface area contributed by atoms with Crippen LogP contribution in [0.15, 0.2) is 71.6 Å². The first kappa shape index (κ1) is 24.0. The molecule has 35 heavy (non-hydrogen) atoms. The molecule has 2 amide bonds. The first-order valence-corrected chi connectivity index (χ1v) is 11.7. The predicted octanol–water partition coefficient (Wildman–Crippen LogP) is 5.91. The molecule has 0 unspecified atom stereocenters. The SMILES string of the molecule is CCOc1cc(/C=C2/SC(=O)N(Cc3ccc(F)cc3)C2=O)ccc1OCc1ccccc1C#N. The lowest BCUT2D eigenvalue weighted by Gasteiger charge is -2.13. The Labute approximate surface area is 206 Å². The largest absolute Gasteiger partial charge is 0.490 e. The van der Waals surface area contributed by atoms with Crippen molar-refractivity contribution in [3.63, 3.8) is 0 Å². The fourth-order valence-electron chi connectivity index (χ4n) is 3.47. The highest BCUT2D eigenvalue weighted by atomic mass is 32.2. The number of hydrogen-bond donors (Lipinski definition) is 0. The molecule has 0 atom stereocenters. The van der Waals surface area contributed by atoms with Crippen LogP contribution in [0, 0.1) is 17.1 Å². The molecule has 176 valence electrons. The summed E-state index contributed by atoms with van der Waals surface area (Å²) in [6, 6.07) is 20.3. The lowest BCUT2D eigenvalue weighted by molar-refractivity contribution is -0.123. The van der Waals surface area contributed by atoms with Crippen LogP contribution in [0.1, 0.15) is 29.2 Å². The summed E-state index contributed by atoms with van der Waals surface area (Å²) in [6.45, 7) is 2.53. The maximum absolute atomic E-state index is 13.2. The molecule has 0 radical (unpaired) electrons. The van der Waals surface area contributed by atoms with Gasteiger partial charge in [0.25, 0.3) is 11.1 Å². The van der Waals surface area contributed by atoms with Crippen molar-refractivity contribution in [2.45, 2.75) is 20.1 Å². The molecule has 1 heterocycles. The number of thioether (sulfide) groups is 1. The monoisotopic (exact) mass is 488 g/mol. The van der Waals surface area contributed by atoms with Crippen molar-refractivity contribution in [3.05, 3.63) is 99.7 Å². The van der Waals surface area contributed by atoms with Crippen LogP contribution in [0.5, 0.6) is 11.5 Å². The Balaban J connectivity index is 1.51. The van der Waals surface area contributed by atoms with Crippen LogP contribution >= 0.6 is 11.8 Å². The van der Waals surface area contributed by atoms with Gasteiger partial charge < -0.3 is 9.47 Å². The highest BCUT2D eigenvalue weighted by Crippen LogP contribution is 2.35. The third-order valence-electron chi connectivity index (χ3n) is 5.21. The number of benzene rings is 3. The minimum Gasteiger partial charge on any atom is -0.490 e. The minimum absolute atomic E-state index is 0.0728. The van der Waals surface area contributed by atoms with Crippen molar-refractivity contribution in [1.29, 1.82) is 5.26 Å². The van der Waals surface area contributed by atoms with Crippen molar-refractivity contribution < 1.29 is 23.5 Å². The maximum atomic E-state index is 13.2. The number of hydrogen-bond acceptors (Lipinski definition) is 6. The summed E-state index contributed by atoms with van der Waals surface area (Å²) >= 11 is 0.856. The van der Waals surface area contributed by atoms with Gasteiger partial charge in [-0.15, -0.1) is 0 Å². The molecule has 0 spiro atoms. The number of imide groups is 1. The predicted molar refractivity (Wildman–Crippen MR) is 131 cm³/mol. The van der Waals surface area contributed by atoms with Crippen molar-refractivity contribution in [3.8, 4) is 17.6 Å². The average molecular weight is 489 g/mol. The molecule has 8 heteroatoms. The second kappa shape index (κ2) is 10.9. The van der Waals surface area contributed by atoms with E-state index in [-0.39, 0.29) is 29.1 Å². The summed E-state index contributed by atoms with van der Waals surface area (Å²) < 4.78 is 24.8. The minimum atomic E-state index is -0.407. The van der Waals surface area contributed by atoms with Gasteiger partial charge in [0.2, 0.25) is 0 Å². The van der Waals surface area contributed by atoms with Gasteiger partial charge in [0.15, 0.2) is 11.5 Å².